The molecule has 0 bridgehead atoms. The van der Waals surface area contributed by atoms with Crippen molar-refractivity contribution in [3.05, 3.63) is 0 Å². The van der Waals surface area contributed by atoms with Crippen molar-refractivity contribution in [1.82, 2.24) is 5.32 Å². The number of amides is 1. The number of carbonyl (C=O) groups excluding carboxylic acids is 2. The summed E-state index contributed by atoms with van der Waals surface area (Å²) in [6.45, 7) is 0. The molecule has 2 atom stereocenters. The Balaban J connectivity index is 2.43. The predicted molar refractivity (Wildman–Crippen MR) is 41.3 cm³/mol. The summed E-state index contributed by atoms with van der Waals surface area (Å²) < 4.78 is 14.8. The Morgan fingerprint density at radius 3 is 2.83 bits per heavy atom. The Hall–Kier alpha value is -0.910. The van der Waals surface area contributed by atoms with Crippen LogP contribution in [-0.2, 0) is 24.9 Å². The van der Waals surface area contributed by atoms with E-state index in [9.17, 15) is 13.8 Å². The molecule has 1 aliphatic rings. The van der Waals surface area contributed by atoms with Crippen molar-refractivity contribution in [2.75, 3.05) is 6.26 Å². The van der Waals surface area contributed by atoms with E-state index in [2.05, 4.69) is 9.50 Å². The number of carbonyl (C=O) groups is 2. The first kappa shape index (κ1) is 9.18. The van der Waals surface area contributed by atoms with E-state index in [0.717, 1.165) is 0 Å². The molecule has 0 saturated carbocycles. The molecule has 0 radical (unpaired) electrons. The van der Waals surface area contributed by atoms with E-state index >= 15 is 0 Å². The number of nitrogens with one attached hydrogen (secondary N) is 1. The van der Waals surface area contributed by atoms with Crippen LogP contribution in [0.15, 0.2) is 0 Å². The first-order chi connectivity index (χ1) is 5.59. The molecule has 68 valence electrons. The van der Waals surface area contributed by atoms with Crippen molar-refractivity contribution < 1.29 is 18.0 Å². The summed E-state index contributed by atoms with van der Waals surface area (Å²) in [5, 5.41) is 2.41. The maximum atomic E-state index is 11.0. The highest BCUT2D eigenvalue weighted by molar-refractivity contribution is 7.79. The topological polar surface area (TPSA) is 72.5 Å². The zero-order valence-corrected chi connectivity index (χ0v) is 7.35. The molecule has 12 heavy (non-hydrogen) atoms. The van der Waals surface area contributed by atoms with E-state index in [1.54, 1.807) is 0 Å². The molecule has 1 aliphatic heterocycles. The Bertz CT molecular complexity index is 240. The van der Waals surface area contributed by atoms with Gasteiger partial charge in [-0.15, -0.1) is 0 Å². The maximum absolute atomic E-state index is 11.0. The number of hydrogen-bond acceptors (Lipinski definition) is 4. The van der Waals surface area contributed by atoms with Gasteiger partial charge in [-0.2, -0.15) is 0 Å². The Morgan fingerprint density at radius 2 is 2.42 bits per heavy atom. The van der Waals surface area contributed by atoms with Crippen molar-refractivity contribution in [3.63, 3.8) is 0 Å². The standard InChI is InChI=1S/C6H9NO4S/c1-12(10)11-6(9)4-2-3-5(8)7-4/h4H,2-3H2,1H3,(H,7,8). The van der Waals surface area contributed by atoms with Gasteiger partial charge in [-0.05, 0) is 6.42 Å². The molecule has 1 amide bonds. The fourth-order valence-corrected chi connectivity index (χ4v) is 1.31. The molecule has 0 aliphatic carbocycles. The third-order valence-electron chi connectivity index (χ3n) is 1.48. The molecule has 6 heteroatoms. The van der Waals surface area contributed by atoms with Gasteiger partial charge in [0.15, 0.2) is 0 Å². The van der Waals surface area contributed by atoms with Crippen LogP contribution < -0.4 is 5.32 Å². The molecule has 1 N–H and O–H groups in total. The van der Waals surface area contributed by atoms with E-state index in [0.29, 0.717) is 12.8 Å². The molecule has 1 saturated heterocycles. The molecule has 0 aromatic heterocycles. The fourth-order valence-electron chi connectivity index (χ4n) is 0.965. The first-order valence-electron chi connectivity index (χ1n) is 3.44. The van der Waals surface area contributed by atoms with Crippen LogP contribution in [-0.4, -0.2) is 28.4 Å². The van der Waals surface area contributed by atoms with Gasteiger partial charge in [-0.25, -0.2) is 9.00 Å². The normalized spacial score (nSPS) is 24.8. The van der Waals surface area contributed by atoms with Crippen LogP contribution in [0.5, 0.6) is 0 Å². The summed E-state index contributed by atoms with van der Waals surface area (Å²) in [6.07, 6.45) is 2.01. The van der Waals surface area contributed by atoms with Gasteiger partial charge in [0.2, 0.25) is 17.0 Å². The van der Waals surface area contributed by atoms with E-state index in [4.69, 9.17) is 0 Å². The number of rotatable bonds is 2. The van der Waals surface area contributed by atoms with Gasteiger partial charge in [-0.1, -0.05) is 0 Å². The lowest BCUT2D eigenvalue weighted by atomic mass is 10.2. The van der Waals surface area contributed by atoms with Crippen LogP contribution in [0.1, 0.15) is 12.8 Å². The van der Waals surface area contributed by atoms with Gasteiger partial charge >= 0.3 is 5.97 Å². The van der Waals surface area contributed by atoms with Gasteiger partial charge in [0.05, 0.1) is 0 Å². The average molecular weight is 191 g/mol. The van der Waals surface area contributed by atoms with Gasteiger partial charge in [0.25, 0.3) is 0 Å². The SMILES string of the molecule is CS(=O)OC(=O)C1CCC(=O)N1. The Kier molecular flexibility index (Phi) is 2.80. The largest absolute Gasteiger partial charge is 0.362 e. The van der Waals surface area contributed by atoms with Crippen LogP contribution in [0.3, 0.4) is 0 Å². The minimum Gasteiger partial charge on any atom is -0.362 e. The predicted octanol–water partition coefficient (Wildman–Crippen LogP) is -0.898. The summed E-state index contributed by atoms with van der Waals surface area (Å²) >= 11 is -1.60. The minimum absolute atomic E-state index is 0.168. The monoisotopic (exact) mass is 191 g/mol. The van der Waals surface area contributed by atoms with Crippen LogP contribution in [0, 0.1) is 0 Å². The summed E-state index contributed by atoms with van der Waals surface area (Å²) in [4.78, 5) is 21.6. The first-order valence-corrected chi connectivity index (χ1v) is 4.93. The fraction of sp³-hybridized carbons (Fsp3) is 0.667. The smallest absolute Gasteiger partial charge is 0.342 e. The zero-order chi connectivity index (χ0) is 9.14. The van der Waals surface area contributed by atoms with Crippen LogP contribution >= 0.6 is 0 Å². The second-order valence-electron chi connectivity index (χ2n) is 2.46. The second-order valence-corrected chi connectivity index (χ2v) is 3.43. The molecule has 1 heterocycles. The van der Waals surface area contributed by atoms with Crippen molar-refractivity contribution in [2.45, 2.75) is 18.9 Å². The molecule has 5 nitrogen and oxygen atoms in total. The van der Waals surface area contributed by atoms with Gasteiger partial charge in [0.1, 0.15) is 6.04 Å². The zero-order valence-electron chi connectivity index (χ0n) is 6.53. The lowest BCUT2D eigenvalue weighted by Crippen LogP contribution is -2.34. The second kappa shape index (κ2) is 3.66. The average Bonchev–Trinajstić information content (AvgIpc) is 2.34. The van der Waals surface area contributed by atoms with Crippen molar-refractivity contribution in [1.29, 1.82) is 0 Å². The Labute approximate surface area is 72.1 Å². The molecule has 0 aromatic carbocycles. The lowest BCUT2D eigenvalue weighted by Gasteiger charge is -2.06. The third kappa shape index (κ3) is 2.30. The van der Waals surface area contributed by atoms with Gasteiger partial charge in [0, 0.05) is 12.7 Å². The van der Waals surface area contributed by atoms with E-state index in [1.807, 2.05) is 0 Å². The highest BCUT2D eigenvalue weighted by Crippen LogP contribution is 2.08. The molecule has 0 spiro atoms. The van der Waals surface area contributed by atoms with E-state index < -0.39 is 23.1 Å². The summed E-state index contributed by atoms with van der Waals surface area (Å²) in [7, 11) is 0. The highest BCUT2D eigenvalue weighted by Gasteiger charge is 2.29. The van der Waals surface area contributed by atoms with Crippen molar-refractivity contribution in [2.24, 2.45) is 0 Å². The highest BCUT2D eigenvalue weighted by atomic mass is 32.2. The quantitative estimate of drug-likeness (QED) is 0.614. The molecule has 2 unspecified atom stereocenters. The van der Waals surface area contributed by atoms with Crippen molar-refractivity contribution in [3.8, 4) is 0 Å². The van der Waals surface area contributed by atoms with Gasteiger partial charge in [-0.3, -0.25) is 4.79 Å². The lowest BCUT2D eigenvalue weighted by molar-refractivity contribution is -0.136. The van der Waals surface area contributed by atoms with E-state index in [-0.39, 0.29) is 5.91 Å². The third-order valence-corrected chi connectivity index (χ3v) is 1.88. The van der Waals surface area contributed by atoms with Gasteiger partial charge < -0.3 is 9.50 Å². The summed E-state index contributed by atoms with van der Waals surface area (Å²) in [5.41, 5.74) is 0. The minimum atomic E-state index is -1.60. The summed E-state index contributed by atoms with van der Waals surface area (Å²) in [6, 6.07) is -0.610. The summed E-state index contributed by atoms with van der Waals surface area (Å²) in [5.74, 6) is -0.791. The molecule has 0 aromatic rings. The van der Waals surface area contributed by atoms with Crippen LogP contribution in [0.4, 0.5) is 0 Å². The molecular weight excluding hydrogens is 182 g/mol. The van der Waals surface area contributed by atoms with Crippen molar-refractivity contribution >= 4 is 23.0 Å². The Morgan fingerprint density at radius 1 is 1.75 bits per heavy atom. The van der Waals surface area contributed by atoms with Crippen LogP contribution in [0.2, 0.25) is 0 Å². The molecule has 1 rings (SSSR count). The van der Waals surface area contributed by atoms with E-state index in [1.165, 1.54) is 6.26 Å². The molecule has 1 fully saturated rings. The molecular formula is C6H9NO4S. The number of hydrogen-bond donors (Lipinski definition) is 1. The van der Waals surface area contributed by atoms with Crippen LogP contribution in [0.25, 0.3) is 0 Å². The maximum Gasteiger partial charge on any atom is 0.342 e.